The third kappa shape index (κ3) is 3.86. The molecule has 0 unspecified atom stereocenters. The molecule has 1 amide bonds. The molecule has 172 valence electrons. The Labute approximate surface area is 189 Å². The Morgan fingerprint density at radius 3 is 2.94 bits per heavy atom. The summed E-state index contributed by atoms with van der Waals surface area (Å²) < 4.78 is 26.1. The smallest absolute Gasteiger partial charge is 0.413 e. The second-order valence-corrected chi connectivity index (χ2v) is 8.37. The largest absolute Gasteiger partial charge is 0.474 e. The van der Waals surface area contributed by atoms with Crippen molar-refractivity contribution in [2.45, 2.75) is 25.9 Å². The standard InChI is InChI=1S/C23H24FN5O4/c1-11-16(8-28-22-21(11)26-2-3-32-22)15-6-13-7-18(27-9-17(13)20(25)19(15)24)29-23(31)33-14-4-12(5-14)10-30/h6-9,12,14,26,30H,2-5,10,25H2,1H3,(H,27,29,31)/t12-,14-. The Balaban J connectivity index is 1.45. The van der Waals surface area contributed by atoms with Crippen LogP contribution in [-0.2, 0) is 4.74 Å². The average molecular weight is 453 g/mol. The number of pyridine rings is 2. The topological polar surface area (TPSA) is 132 Å². The number of nitrogen functional groups attached to an aromatic ring is 1. The van der Waals surface area contributed by atoms with E-state index < -0.39 is 11.9 Å². The molecule has 1 aromatic carbocycles. The van der Waals surface area contributed by atoms with Gasteiger partial charge >= 0.3 is 6.09 Å². The summed E-state index contributed by atoms with van der Waals surface area (Å²) in [7, 11) is 0. The maximum Gasteiger partial charge on any atom is 0.413 e. The molecule has 5 N–H and O–H groups in total. The highest BCUT2D eigenvalue weighted by atomic mass is 19.1. The van der Waals surface area contributed by atoms with Gasteiger partial charge < -0.3 is 25.6 Å². The predicted octanol–water partition coefficient (Wildman–Crippen LogP) is 3.45. The minimum Gasteiger partial charge on any atom is -0.474 e. The summed E-state index contributed by atoms with van der Waals surface area (Å²) >= 11 is 0. The monoisotopic (exact) mass is 453 g/mol. The van der Waals surface area contributed by atoms with E-state index in [0.29, 0.717) is 53.8 Å². The summed E-state index contributed by atoms with van der Waals surface area (Å²) in [6.07, 6.45) is 3.44. The summed E-state index contributed by atoms with van der Waals surface area (Å²) in [6.45, 7) is 3.12. The lowest BCUT2D eigenvalue weighted by atomic mass is 9.83. The number of benzene rings is 1. The summed E-state index contributed by atoms with van der Waals surface area (Å²) in [6, 6.07) is 3.28. The number of fused-ring (bicyclic) bond motifs is 2. The number of ether oxygens (including phenoxy) is 2. The summed E-state index contributed by atoms with van der Waals surface area (Å²) in [5, 5.41) is 16.0. The molecule has 0 atom stereocenters. The number of carbonyl (C=O) groups excluding carboxylic acids is 1. The molecular weight excluding hydrogens is 429 g/mol. The molecule has 0 spiro atoms. The Hall–Kier alpha value is -3.66. The number of halogens is 1. The third-order valence-corrected chi connectivity index (χ3v) is 6.19. The lowest BCUT2D eigenvalue weighted by Gasteiger charge is -2.33. The molecule has 1 aliphatic heterocycles. The van der Waals surface area contributed by atoms with Gasteiger partial charge in [-0.1, -0.05) is 0 Å². The summed E-state index contributed by atoms with van der Waals surface area (Å²) in [4.78, 5) is 20.7. The van der Waals surface area contributed by atoms with E-state index in [1.54, 1.807) is 18.3 Å². The molecule has 1 saturated carbocycles. The third-order valence-electron chi connectivity index (χ3n) is 6.19. The summed E-state index contributed by atoms with van der Waals surface area (Å²) in [5.41, 5.74) is 8.49. The van der Waals surface area contributed by atoms with Crippen LogP contribution < -0.4 is 21.1 Å². The maximum atomic E-state index is 15.2. The molecule has 9 nitrogen and oxygen atoms in total. The number of carbonyl (C=O) groups is 1. The zero-order valence-electron chi connectivity index (χ0n) is 18.0. The number of hydrogen-bond acceptors (Lipinski definition) is 8. The molecule has 0 saturated heterocycles. The van der Waals surface area contributed by atoms with E-state index in [2.05, 4.69) is 20.6 Å². The van der Waals surface area contributed by atoms with Crippen LogP contribution in [0.15, 0.2) is 24.5 Å². The van der Waals surface area contributed by atoms with E-state index >= 15 is 4.39 Å². The molecule has 2 aliphatic rings. The van der Waals surface area contributed by atoms with Gasteiger partial charge in [0.25, 0.3) is 0 Å². The van der Waals surface area contributed by atoms with E-state index in [4.69, 9.17) is 20.3 Å². The average Bonchev–Trinajstić information content (AvgIpc) is 2.79. The number of nitrogens with one attached hydrogen (secondary N) is 2. The normalized spacial score (nSPS) is 19.1. The van der Waals surface area contributed by atoms with Crippen LogP contribution >= 0.6 is 0 Å². The molecular formula is C23H24FN5O4. The molecule has 1 aliphatic carbocycles. The molecule has 1 fully saturated rings. The minimum atomic E-state index is -0.626. The molecule has 2 aromatic heterocycles. The van der Waals surface area contributed by atoms with Gasteiger partial charge in [-0.2, -0.15) is 0 Å². The van der Waals surface area contributed by atoms with Gasteiger partial charge in [-0.25, -0.2) is 19.2 Å². The van der Waals surface area contributed by atoms with Gasteiger partial charge in [0.2, 0.25) is 5.88 Å². The maximum absolute atomic E-state index is 15.2. The second-order valence-electron chi connectivity index (χ2n) is 8.37. The van der Waals surface area contributed by atoms with E-state index in [1.165, 1.54) is 6.20 Å². The molecule has 10 heteroatoms. The van der Waals surface area contributed by atoms with Crippen LogP contribution in [0.2, 0.25) is 0 Å². The number of amides is 1. The van der Waals surface area contributed by atoms with Crippen molar-refractivity contribution in [1.82, 2.24) is 9.97 Å². The highest BCUT2D eigenvalue weighted by molar-refractivity contribution is 5.99. The van der Waals surface area contributed by atoms with Crippen LogP contribution in [0.1, 0.15) is 18.4 Å². The van der Waals surface area contributed by atoms with Crippen molar-refractivity contribution in [3.8, 4) is 17.0 Å². The van der Waals surface area contributed by atoms with Crippen molar-refractivity contribution < 1.29 is 23.8 Å². The van der Waals surface area contributed by atoms with Gasteiger partial charge in [-0.3, -0.25) is 5.32 Å². The van der Waals surface area contributed by atoms with Gasteiger partial charge in [0, 0.05) is 42.1 Å². The van der Waals surface area contributed by atoms with Crippen molar-refractivity contribution in [3.63, 3.8) is 0 Å². The molecule has 5 rings (SSSR count). The quantitative estimate of drug-likeness (QED) is 0.442. The zero-order valence-corrected chi connectivity index (χ0v) is 18.0. The number of nitrogens with two attached hydrogens (primary N) is 1. The Morgan fingerprint density at radius 2 is 2.15 bits per heavy atom. The van der Waals surface area contributed by atoms with Crippen LogP contribution in [0.4, 0.5) is 26.4 Å². The molecule has 0 bridgehead atoms. The SMILES string of the molecule is Cc1c(-c2cc3cc(NC(=O)O[C@H]4C[C@H](CO)C4)ncc3c(N)c2F)cnc2c1NCCO2. The van der Waals surface area contributed by atoms with Gasteiger partial charge in [-0.05, 0) is 48.8 Å². The first-order chi connectivity index (χ1) is 15.9. The van der Waals surface area contributed by atoms with E-state index in [0.717, 1.165) is 11.3 Å². The second kappa shape index (κ2) is 8.36. The first kappa shape index (κ1) is 21.2. The lowest BCUT2D eigenvalue weighted by molar-refractivity contribution is 0.00336. The van der Waals surface area contributed by atoms with Crippen LogP contribution in [0.25, 0.3) is 21.9 Å². The van der Waals surface area contributed by atoms with Crippen molar-refractivity contribution in [1.29, 1.82) is 0 Å². The van der Waals surface area contributed by atoms with Crippen molar-refractivity contribution in [2.75, 3.05) is 36.1 Å². The number of nitrogens with zero attached hydrogens (tertiary/aromatic N) is 2. The van der Waals surface area contributed by atoms with E-state index in [9.17, 15) is 4.79 Å². The van der Waals surface area contributed by atoms with Crippen LogP contribution in [0, 0.1) is 18.7 Å². The molecule has 0 radical (unpaired) electrons. The van der Waals surface area contributed by atoms with Crippen LogP contribution in [0.3, 0.4) is 0 Å². The first-order valence-corrected chi connectivity index (χ1v) is 10.8. The molecule has 3 aromatic rings. The fourth-order valence-electron chi connectivity index (χ4n) is 4.26. The fourth-order valence-corrected chi connectivity index (χ4v) is 4.26. The Kier molecular flexibility index (Phi) is 5.37. The predicted molar refractivity (Wildman–Crippen MR) is 122 cm³/mol. The van der Waals surface area contributed by atoms with Gasteiger partial charge in [0.1, 0.15) is 24.2 Å². The van der Waals surface area contributed by atoms with E-state index in [1.807, 2.05) is 6.92 Å². The van der Waals surface area contributed by atoms with Crippen LogP contribution in [0.5, 0.6) is 5.88 Å². The minimum absolute atomic E-state index is 0.0324. The fraction of sp³-hybridized carbons (Fsp3) is 0.348. The first-order valence-electron chi connectivity index (χ1n) is 10.8. The molecule has 3 heterocycles. The summed E-state index contributed by atoms with van der Waals surface area (Å²) in [5.74, 6) is 0.371. The number of hydrogen-bond donors (Lipinski definition) is 4. The van der Waals surface area contributed by atoms with Crippen molar-refractivity contribution >= 4 is 34.1 Å². The highest BCUT2D eigenvalue weighted by Crippen LogP contribution is 2.39. The van der Waals surface area contributed by atoms with Crippen molar-refractivity contribution in [2.24, 2.45) is 5.92 Å². The Morgan fingerprint density at radius 1 is 1.33 bits per heavy atom. The molecule has 33 heavy (non-hydrogen) atoms. The van der Waals surface area contributed by atoms with Gasteiger partial charge in [0.15, 0.2) is 5.82 Å². The number of aliphatic hydroxyl groups excluding tert-OH is 1. The Bertz CT molecular complexity index is 1250. The highest BCUT2D eigenvalue weighted by Gasteiger charge is 2.31. The number of rotatable bonds is 4. The number of anilines is 3. The number of aromatic nitrogens is 2. The van der Waals surface area contributed by atoms with Gasteiger partial charge in [-0.15, -0.1) is 0 Å². The number of aliphatic hydroxyl groups is 1. The van der Waals surface area contributed by atoms with Crippen LogP contribution in [-0.4, -0.2) is 47.0 Å². The lowest BCUT2D eigenvalue weighted by Crippen LogP contribution is -2.36. The van der Waals surface area contributed by atoms with Crippen molar-refractivity contribution in [3.05, 3.63) is 35.9 Å². The van der Waals surface area contributed by atoms with Gasteiger partial charge in [0.05, 0.1) is 5.69 Å². The van der Waals surface area contributed by atoms with E-state index in [-0.39, 0.29) is 30.1 Å². The zero-order chi connectivity index (χ0) is 23.1.